The maximum atomic E-state index is 12.4. The number of hydrogen-bond donors (Lipinski definition) is 2. The van der Waals surface area contributed by atoms with Gasteiger partial charge in [0.2, 0.25) is 0 Å². The largest absolute Gasteiger partial charge is 0.357 e. The summed E-state index contributed by atoms with van der Waals surface area (Å²) in [5.41, 5.74) is 2.78. The molecule has 6 heteroatoms. The molecule has 5 nitrogen and oxygen atoms in total. The third-order valence-electron chi connectivity index (χ3n) is 4.42. The second-order valence-corrected chi connectivity index (χ2v) is 6.72. The summed E-state index contributed by atoms with van der Waals surface area (Å²) >= 11 is 6.21. The van der Waals surface area contributed by atoms with E-state index in [-0.39, 0.29) is 5.91 Å². The molecule has 0 unspecified atom stereocenters. The van der Waals surface area contributed by atoms with Gasteiger partial charge in [-0.15, -0.1) is 0 Å². The summed E-state index contributed by atoms with van der Waals surface area (Å²) in [6.45, 7) is 9.33. The fourth-order valence-electron chi connectivity index (χ4n) is 2.78. The molecule has 0 fully saturated rings. The van der Waals surface area contributed by atoms with E-state index in [1.807, 2.05) is 74.2 Å². The van der Waals surface area contributed by atoms with E-state index in [4.69, 9.17) is 11.6 Å². The zero-order valence-electron chi connectivity index (χ0n) is 16.8. The van der Waals surface area contributed by atoms with Crippen molar-refractivity contribution in [1.29, 1.82) is 0 Å². The van der Waals surface area contributed by atoms with Crippen LogP contribution in [0.3, 0.4) is 0 Å². The molecule has 0 saturated heterocycles. The van der Waals surface area contributed by atoms with Gasteiger partial charge in [0.15, 0.2) is 5.96 Å². The van der Waals surface area contributed by atoms with E-state index in [1.165, 1.54) is 0 Å². The summed E-state index contributed by atoms with van der Waals surface area (Å²) in [6.07, 6.45) is 0. The molecule has 0 aliphatic rings. The lowest BCUT2D eigenvalue weighted by atomic mass is 10.1. The normalized spacial score (nSPS) is 11.2. The van der Waals surface area contributed by atoms with E-state index in [2.05, 4.69) is 15.6 Å². The molecular weight excluding hydrogens is 372 g/mol. The van der Waals surface area contributed by atoms with Crippen molar-refractivity contribution < 1.29 is 4.79 Å². The van der Waals surface area contributed by atoms with Gasteiger partial charge in [0.25, 0.3) is 5.91 Å². The molecule has 2 aromatic rings. The quantitative estimate of drug-likeness (QED) is 0.518. The van der Waals surface area contributed by atoms with Crippen molar-refractivity contribution >= 4 is 23.5 Å². The maximum Gasteiger partial charge on any atom is 0.253 e. The van der Waals surface area contributed by atoms with Gasteiger partial charge in [-0.1, -0.05) is 41.9 Å². The van der Waals surface area contributed by atoms with Crippen molar-refractivity contribution in [1.82, 2.24) is 15.5 Å². The highest BCUT2D eigenvalue weighted by atomic mass is 35.5. The van der Waals surface area contributed by atoms with Crippen LogP contribution < -0.4 is 10.6 Å². The Bertz CT molecular complexity index is 785. The van der Waals surface area contributed by atoms with Crippen molar-refractivity contribution in [3.8, 4) is 0 Å². The van der Waals surface area contributed by atoms with Crippen LogP contribution in [0, 0.1) is 0 Å². The van der Waals surface area contributed by atoms with Crippen molar-refractivity contribution in [3.05, 3.63) is 70.2 Å². The summed E-state index contributed by atoms with van der Waals surface area (Å²) < 4.78 is 0. The zero-order valence-corrected chi connectivity index (χ0v) is 17.6. The first-order valence-corrected chi connectivity index (χ1v) is 10.1. The minimum absolute atomic E-state index is 0.0646. The minimum atomic E-state index is 0.0646. The number of carbonyl (C=O) groups is 1. The van der Waals surface area contributed by atoms with Gasteiger partial charge >= 0.3 is 0 Å². The number of benzene rings is 2. The van der Waals surface area contributed by atoms with Crippen LogP contribution in [0.15, 0.2) is 53.5 Å². The number of guanidine groups is 1. The van der Waals surface area contributed by atoms with Crippen LogP contribution >= 0.6 is 11.6 Å². The number of hydrogen-bond acceptors (Lipinski definition) is 2. The Kier molecular flexibility index (Phi) is 8.82. The lowest BCUT2D eigenvalue weighted by molar-refractivity contribution is 0.0773. The fraction of sp³-hybridized carbons (Fsp3) is 0.364. The molecule has 0 bridgehead atoms. The summed E-state index contributed by atoms with van der Waals surface area (Å²) in [5, 5.41) is 7.27. The van der Waals surface area contributed by atoms with Crippen LogP contribution in [-0.2, 0) is 13.1 Å². The Morgan fingerprint density at radius 2 is 1.68 bits per heavy atom. The lowest BCUT2D eigenvalue weighted by Crippen LogP contribution is -2.36. The van der Waals surface area contributed by atoms with E-state index in [1.54, 1.807) is 0 Å². The highest BCUT2D eigenvalue weighted by molar-refractivity contribution is 6.31. The van der Waals surface area contributed by atoms with Crippen LogP contribution in [-0.4, -0.2) is 36.4 Å². The standard InChI is InChI=1S/C22H29ClN4O/c1-4-24-22(26-16-19-9-7-8-10-20(19)23)25-15-17-11-13-18(14-12-17)21(28)27(5-2)6-3/h7-14H,4-6,15-16H2,1-3H3,(H2,24,25,26). The van der Waals surface area contributed by atoms with Gasteiger partial charge < -0.3 is 15.5 Å². The molecule has 2 rings (SSSR count). The van der Waals surface area contributed by atoms with Crippen LogP contribution in [0.25, 0.3) is 0 Å². The zero-order chi connectivity index (χ0) is 20.4. The van der Waals surface area contributed by atoms with E-state index in [0.717, 1.165) is 28.7 Å². The Labute approximate surface area is 172 Å². The van der Waals surface area contributed by atoms with Crippen molar-refractivity contribution in [3.63, 3.8) is 0 Å². The third kappa shape index (κ3) is 6.27. The van der Waals surface area contributed by atoms with E-state index in [9.17, 15) is 4.79 Å². The third-order valence-corrected chi connectivity index (χ3v) is 4.79. The van der Waals surface area contributed by atoms with E-state index >= 15 is 0 Å². The van der Waals surface area contributed by atoms with E-state index < -0.39 is 0 Å². The molecule has 0 heterocycles. The number of aliphatic imine (C=N–C) groups is 1. The molecular formula is C22H29ClN4O. The second-order valence-electron chi connectivity index (χ2n) is 6.31. The number of nitrogens with zero attached hydrogens (tertiary/aromatic N) is 2. The molecule has 0 aliphatic heterocycles. The lowest BCUT2D eigenvalue weighted by Gasteiger charge is -2.18. The summed E-state index contributed by atoms with van der Waals surface area (Å²) in [5.74, 6) is 0.792. The topological polar surface area (TPSA) is 56.7 Å². The fourth-order valence-corrected chi connectivity index (χ4v) is 2.98. The molecule has 2 aromatic carbocycles. The molecule has 0 radical (unpaired) electrons. The highest BCUT2D eigenvalue weighted by Crippen LogP contribution is 2.14. The first kappa shape index (κ1) is 21.8. The van der Waals surface area contributed by atoms with Gasteiger partial charge in [-0.05, 0) is 50.1 Å². The predicted molar refractivity (Wildman–Crippen MR) is 117 cm³/mol. The maximum absolute atomic E-state index is 12.4. The smallest absolute Gasteiger partial charge is 0.253 e. The molecule has 0 spiro atoms. The van der Waals surface area contributed by atoms with Gasteiger partial charge in [0, 0.05) is 36.8 Å². The molecule has 150 valence electrons. The molecule has 0 aromatic heterocycles. The number of halogens is 1. The first-order valence-electron chi connectivity index (χ1n) is 9.72. The highest BCUT2D eigenvalue weighted by Gasteiger charge is 2.11. The average Bonchev–Trinajstić information content (AvgIpc) is 2.72. The Hall–Kier alpha value is -2.53. The first-order chi connectivity index (χ1) is 13.6. The Morgan fingerprint density at radius 3 is 2.29 bits per heavy atom. The average molecular weight is 401 g/mol. The molecule has 0 saturated carbocycles. The number of amides is 1. The Morgan fingerprint density at radius 1 is 1.00 bits per heavy atom. The molecule has 28 heavy (non-hydrogen) atoms. The summed E-state index contributed by atoms with van der Waals surface area (Å²) in [7, 11) is 0. The SMILES string of the molecule is CCNC(=NCc1ccc(C(=O)N(CC)CC)cc1)NCc1ccccc1Cl. The summed E-state index contributed by atoms with van der Waals surface area (Å²) in [6, 6.07) is 15.4. The van der Waals surface area contributed by atoms with Gasteiger partial charge in [0.1, 0.15) is 0 Å². The van der Waals surface area contributed by atoms with Gasteiger partial charge in [-0.25, -0.2) is 4.99 Å². The summed E-state index contributed by atoms with van der Waals surface area (Å²) in [4.78, 5) is 18.8. The van der Waals surface area contributed by atoms with Crippen LogP contribution in [0.4, 0.5) is 0 Å². The van der Waals surface area contributed by atoms with Crippen molar-refractivity contribution in [2.75, 3.05) is 19.6 Å². The van der Waals surface area contributed by atoms with Crippen molar-refractivity contribution in [2.45, 2.75) is 33.9 Å². The second kappa shape index (κ2) is 11.3. The molecule has 0 atom stereocenters. The predicted octanol–water partition coefficient (Wildman–Crippen LogP) is 4.08. The molecule has 0 aliphatic carbocycles. The monoisotopic (exact) mass is 400 g/mol. The Balaban J connectivity index is 2.00. The van der Waals surface area contributed by atoms with Crippen molar-refractivity contribution in [2.24, 2.45) is 4.99 Å². The van der Waals surface area contributed by atoms with Gasteiger partial charge in [-0.2, -0.15) is 0 Å². The minimum Gasteiger partial charge on any atom is -0.357 e. The van der Waals surface area contributed by atoms with Gasteiger partial charge in [-0.3, -0.25) is 4.79 Å². The number of carbonyl (C=O) groups excluding carboxylic acids is 1. The number of nitrogens with one attached hydrogen (secondary N) is 2. The van der Waals surface area contributed by atoms with Gasteiger partial charge in [0.05, 0.1) is 6.54 Å². The molecule has 1 amide bonds. The van der Waals surface area contributed by atoms with Crippen LogP contribution in [0.2, 0.25) is 5.02 Å². The van der Waals surface area contributed by atoms with Crippen LogP contribution in [0.5, 0.6) is 0 Å². The van der Waals surface area contributed by atoms with Crippen LogP contribution in [0.1, 0.15) is 42.3 Å². The molecule has 2 N–H and O–H groups in total. The number of rotatable bonds is 8. The van der Waals surface area contributed by atoms with E-state index in [0.29, 0.717) is 31.7 Å².